The Bertz CT molecular complexity index is 1040. The van der Waals surface area contributed by atoms with Gasteiger partial charge in [0, 0.05) is 18.7 Å². The molecule has 0 bridgehead atoms. The van der Waals surface area contributed by atoms with E-state index >= 15 is 0 Å². The van der Waals surface area contributed by atoms with Crippen LogP contribution < -0.4 is 28.6 Å². The van der Waals surface area contributed by atoms with Crippen LogP contribution in [0.2, 0.25) is 0 Å². The van der Waals surface area contributed by atoms with Gasteiger partial charge in [-0.15, -0.1) is 0 Å². The average Bonchev–Trinajstić information content (AvgIpc) is 2.79. The monoisotopic (exact) mass is 466 g/mol. The van der Waals surface area contributed by atoms with Crippen molar-refractivity contribution in [1.82, 2.24) is 5.32 Å². The average molecular weight is 467 g/mol. The van der Waals surface area contributed by atoms with Gasteiger partial charge in [0.25, 0.3) is 10.0 Å². The summed E-state index contributed by atoms with van der Waals surface area (Å²) in [5, 5.41) is 2.75. The van der Waals surface area contributed by atoms with Crippen molar-refractivity contribution in [3.8, 4) is 23.0 Å². The van der Waals surface area contributed by atoms with Gasteiger partial charge in [0.1, 0.15) is 18.0 Å². The third-order valence-corrected chi connectivity index (χ3v) is 6.35. The van der Waals surface area contributed by atoms with Crippen LogP contribution in [0, 0.1) is 5.92 Å². The lowest BCUT2D eigenvalue weighted by Gasteiger charge is -2.26. The molecule has 0 aliphatic rings. The molecule has 0 saturated heterocycles. The van der Waals surface area contributed by atoms with Crippen LogP contribution >= 0.6 is 0 Å². The van der Waals surface area contributed by atoms with Crippen molar-refractivity contribution in [2.75, 3.05) is 45.8 Å². The van der Waals surface area contributed by atoms with Crippen molar-refractivity contribution in [2.24, 2.45) is 5.92 Å². The molecule has 1 N–H and O–H groups in total. The molecule has 0 aliphatic carbocycles. The standard InChI is InChI=1S/C22H30N2O7S/c1-15(2)13-23-22(25)14-24(18-11-16(28-3)7-9-19(18)29-4)32(26,27)17-8-10-20(30-5)21(12-17)31-6/h7-12,15H,13-14H2,1-6H3,(H,23,25). The predicted molar refractivity (Wildman–Crippen MR) is 121 cm³/mol. The number of nitrogens with one attached hydrogen (secondary N) is 1. The maximum Gasteiger partial charge on any atom is 0.265 e. The van der Waals surface area contributed by atoms with Crippen LogP contribution in [0.1, 0.15) is 13.8 Å². The lowest BCUT2D eigenvalue weighted by atomic mass is 10.2. The zero-order valence-corrected chi connectivity index (χ0v) is 20.0. The number of nitrogens with zero attached hydrogens (tertiary/aromatic N) is 1. The summed E-state index contributed by atoms with van der Waals surface area (Å²) in [4.78, 5) is 12.6. The molecule has 10 heteroatoms. The smallest absolute Gasteiger partial charge is 0.265 e. The number of benzene rings is 2. The van der Waals surface area contributed by atoms with Gasteiger partial charge in [-0.05, 0) is 30.2 Å². The van der Waals surface area contributed by atoms with E-state index in [9.17, 15) is 13.2 Å². The number of methoxy groups -OCH3 is 4. The summed E-state index contributed by atoms with van der Waals surface area (Å²) >= 11 is 0. The van der Waals surface area contributed by atoms with Crippen LogP contribution in [0.4, 0.5) is 5.69 Å². The number of hydrogen-bond donors (Lipinski definition) is 1. The zero-order valence-electron chi connectivity index (χ0n) is 19.2. The van der Waals surface area contributed by atoms with Crippen molar-refractivity contribution in [1.29, 1.82) is 0 Å². The molecule has 0 aliphatic heterocycles. The minimum absolute atomic E-state index is 0.0725. The number of rotatable bonds is 11. The molecule has 0 atom stereocenters. The largest absolute Gasteiger partial charge is 0.497 e. The molecule has 32 heavy (non-hydrogen) atoms. The highest BCUT2D eigenvalue weighted by Crippen LogP contribution is 2.37. The topological polar surface area (TPSA) is 103 Å². The lowest BCUT2D eigenvalue weighted by molar-refractivity contribution is -0.119. The number of carbonyl (C=O) groups is 1. The van der Waals surface area contributed by atoms with Crippen molar-refractivity contribution < 1.29 is 32.2 Å². The molecular weight excluding hydrogens is 436 g/mol. The van der Waals surface area contributed by atoms with Crippen molar-refractivity contribution >= 4 is 21.6 Å². The van der Waals surface area contributed by atoms with Crippen LogP contribution in [0.15, 0.2) is 41.3 Å². The second-order valence-corrected chi connectivity index (χ2v) is 9.13. The van der Waals surface area contributed by atoms with Crippen molar-refractivity contribution in [3.63, 3.8) is 0 Å². The second-order valence-electron chi connectivity index (χ2n) is 7.26. The molecular formula is C22H30N2O7S. The summed E-state index contributed by atoms with van der Waals surface area (Å²) in [5.41, 5.74) is 0.168. The van der Waals surface area contributed by atoms with Gasteiger partial charge < -0.3 is 24.3 Å². The second kappa shape index (κ2) is 10.9. The van der Waals surface area contributed by atoms with Crippen LogP contribution in [0.25, 0.3) is 0 Å². The summed E-state index contributed by atoms with van der Waals surface area (Å²) in [6.07, 6.45) is 0. The predicted octanol–water partition coefficient (Wildman–Crippen LogP) is 2.69. The highest BCUT2D eigenvalue weighted by Gasteiger charge is 2.31. The SMILES string of the molecule is COc1ccc(OC)c(N(CC(=O)NCC(C)C)S(=O)(=O)c2ccc(OC)c(OC)c2)c1. The Morgan fingerprint density at radius 2 is 1.53 bits per heavy atom. The number of amides is 1. The lowest BCUT2D eigenvalue weighted by Crippen LogP contribution is -2.42. The first-order chi connectivity index (χ1) is 15.2. The number of sulfonamides is 1. The minimum atomic E-state index is -4.20. The maximum absolute atomic E-state index is 13.7. The highest BCUT2D eigenvalue weighted by atomic mass is 32.2. The van der Waals surface area contributed by atoms with E-state index in [1.807, 2.05) is 13.8 Å². The van der Waals surface area contributed by atoms with Gasteiger partial charge in [0.15, 0.2) is 11.5 Å². The third-order valence-electron chi connectivity index (χ3n) is 4.59. The summed E-state index contributed by atoms with van der Waals surface area (Å²) in [6, 6.07) is 8.96. The van der Waals surface area contributed by atoms with Crippen LogP contribution in [-0.2, 0) is 14.8 Å². The molecule has 0 aromatic heterocycles. The van der Waals surface area contributed by atoms with Gasteiger partial charge in [0.05, 0.1) is 39.0 Å². The molecule has 2 aromatic rings. The molecule has 0 heterocycles. The summed E-state index contributed by atoms with van der Waals surface area (Å²) in [7, 11) is 1.56. The summed E-state index contributed by atoms with van der Waals surface area (Å²) < 4.78 is 49.5. The van der Waals surface area contributed by atoms with E-state index in [4.69, 9.17) is 18.9 Å². The van der Waals surface area contributed by atoms with E-state index in [1.54, 1.807) is 12.1 Å². The summed E-state index contributed by atoms with van der Waals surface area (Å²) in [5.74, 6) is 1.07. The Balaban J connectivity index is 2.61. The fourth-order valence-corrected chi connectivity index (χ4v) is 4.34. The first kappa shape index (κ1) is 25.1. The van der Waals surface area contributed by atoms with E-state index in [0.29, 0.717) is 18.0 Å². The van der Waals surface area contributed by atoms with Gasteiger partial charge in [-0.1, -0.05) is 13.8 Å². The fraction of sp³-hybridized carbons (Fsp3) is 0.409. The van der Waals surface area contributed by atoms with Gasteiger partial charge in [0.2, 0.25) is 5.91 Å². The molecule has 2 aromatic carbocycles. The van der Waals surface area contributed by atoms with Gasteiger partial charge in [-0.2, -0.15) is 0 Å². The number of hydrogen-bond acceptors (Lipinski definition) is 7. The molecule has 0 fully saturated rings. The van der Waals surface area contributed by atoms with Crippen LogP contribution in [0.5, 0.6) is 23.0 Å². The number of ether oxygens (including phenoxy) is 4. The molecule has 0 unspecified atom stereocenters. The Hall–Kier alpha value is -3.14. The number of carbonyl (C=O) groups excluding carboxylic acids is 1. The van der Waals surface area contributed by atoms with Crippen molar-refractivity contribution in [2.45, 2.75) is 18.7 Å². The minimum Gasteiger partial charge on any atom is -0.497 e. The molecule has 0 radical (unpaired) electrons. The van der Waals surface area contributed by atoms with Gasteiger partial charge in [-0.25, -0.2) is 8.42 Å². The molecule has 0 spiro atoms. The first-order valence-corrected chi connectivity index (χ1v) is 11.3. The Morgan fingerprint density at radius 1 is 0.906 bits per heavy atom. The number of anilines is 1. The molecule has 2 rings (SSSR count). The van der Waals surface area contributed by atoms with E-state index in [1.165, 1.54) is 52.7 Å². The summed E-state index contributed by atoms with van der Waals surface area (Å²) in [6.45, 7) is 3.86. The quantitative estimate of drug-likeness (QED) is 0.543. The Kier molecular flexibility index (Phi) is 8.59. The molecule has 176 valence electrons. The molecule has 0 saturated carbocycles. The van der Waals surface area contributed by atoms with E-state index < -0.39 is 22.5 Å². The zero-order chi connectivity index (χ0) is 23.9. The van der Waals surface area contributed by atoms with Crippen LogP contribution in [0.3, 0.4) is 0 Å². The highest BCUT2D eigenvalue weighted by molar-refractivity contribution is 7.92. The van der Waals surface area contributed by atoms with Crippen LogP contribution in [-0.4, -0.2) is 55.9 Å². The normalized spacial score (nSPS) is 11.1. The molecule has 9 nitrogen and oxygen atoms in total. The Labute approximate surface area is 189 Å². The molecule has 1 amide bonds. The van der Waals surface area contributed by atoms with Gasteiger partial charge in [-0.3, -0.25) is 9.10 Å². The Morgan fingerprint density at radius 3 is 2.09 bits per heavy atom. The van der Waals surface area contributed by atoms with E-state index in [-0.39, 0.29) is 28.0 Å². The first-order valence-electron chi connectivity index (χ1n) is 9.91. The third kappa shape index (κ3) is 5.76. The van der Waals surface area contributed by atoms with Gasteiger partial charge >= 0.3 is 0 Å². The maximum atomic E-state index is 13.7. The van der Waals surface area contributed by atoms with E-state index in [0.717, 1.165) is 4.31 Å². The van der Waals surface area contributed by atoms with Crippen molar-refractivity contribution in [3.05, 3.63) is 36.4 Å². The van der Waals surface area contributed by atoms with E-state index in [2.05, 4.69) is 5.32 Å². The fourth-order valence-electron chi connectivity index (χ4n) is 2.90.